The number of hydrogen-bond acceptors (Lipinski definition) is 4. The van der Waals surface area contributed by atoms with Crippen LogP contribution in [0, 0.1) is 13.8 Å². The van der Waals surface area contributed by atoms with Crippen LogP contribution in [-0.4, -0.2) is 28.1 Å². The number of hydrogen-bond donors (Lipinski definition) is 0. The van der Waals surface area contributed by atoms with Crippen molar-refractivity contribution >= 4 is 27.7 Å². The van der Waals surface area contributed by atoms with Crippen LogP contribution in [0.4, 0.5) is 0 Å². The molecule has 0 radical (unpaired) electrons. The summed E-state index contributed by atoms with van der Waals surface area (Å²) in [7, 11) is 0. The second-order valence-electron chi connectivity index (χ2n) is 5.80. The number of carbonyl (C=O) groups excluding carboxylic acids is 2. The van der Waals surface area contributed by atoms with Gasteiger partial charge in [-0.25, -0.2) is 9.48 Å². The van der Waals surface area contributed by atoms with Crippen molar-refractivity contribution in [2.24, 2.45) is 0 Å². The molecule has 0 amide bonds. The lowest BCUT2D eigenvalue weighted by atomic mass is 10.1. The van der Waals surface area contributed by atoms with E-state index in [4.69, 9.17) is 4.74 Å². The van der Waals surface area contributed by atoms with Gasteiger partial charge in [0.1, 0.15) is 5.56 Å². The third-order valence-corrected chi connectivity index (χ3v) is 4.47. The van der Waals surface area contributed by atoms with Gasteiger partial charge in [-0.15, -0.1) is 0 Å². The van der Waals surface area contributed by atoms with Crippen molar-refractivity contribution in [3.8, 4) is 5.69 Å². The summed E-state index contributed by atoms with van der Waals surface area (Å²) in [5, 5.41) is 4.42. The Balaban J connectivity index is 1.76. The van der Waals surface area contributed by atoms with Crippen molar-refractivity contribution in [2.75, 3.05) is 6.61 Å². The van der Waals surface area contributed by atoms with Gasteiger partial charge in [0.2, 0.25) is 0 Å². The predicted molar refractivity (Wildman–Crippen MR) is 102 cm³/mol. The summed E-state index contributed by atoms with van der Waals surface area (Å²) in [5.41, 5.74) is 2.97. The fraction of sp³-hybridized carbons (Fsp3) is 0.150. The lowest BCUT2D eigenvalue weighted by molar-refractivity contribution is 0.0473. The second-order valence-corrected chi connectivity index (χ2v) is 6.72. The van der Waals surface area contributed by atoms with E-state index >= 15 is 0 Å². The van der Waals surface area contributed by atoms with E-state index in [2.05, 4.69) is 21.0 Å². The maximum absolute atomic E-state index is 12.5. The van der Waals surface area contributed by atoms with Crippen LogP contribution in [0.2, 0.25) is 0 Å². The van der Waals surface area contributed by atoms with Crippen LogP contribution in [0.3, 0.4) is 0 Å². The average molecular weight is 413 g/mol. The quantitative estimate of drug-likeness (QED) is 0.463. The smallest absolute Gasteiger partial charge is 0.342 e. The van der Waals surface area contributed by atoms with Crippen LogP contribution in [0.5, 0.6) is 0 Å². The zero-order chi connectivity index (χ0) is 18.7. The van der Waals surface area contributed by atoms with Gasteiger partial charge in [-0.2, -0.15) is 5.10 Å². The van der Waals surface area contributed by atoms with Gasteiger partial charge in [-0.3, -0.25) is 4.79 Å². The zero-order valence-electron chi connectivity index (χ0n) is 14.4. The SMILES string of the molecule is Cc1nn(-c2ccccc2)c(C)c1C(=O)OCC(=O)c1cccc(Br)c1. The molecular formula is C20H17BrN2O3. The number of carbonyl (C=O) groups is 2. The van der Waals surface area contributed by atoms with Crippen LogP contribution in [-0.2, 0) is 4.74 Å². The van der Waals surface area contributed by atoms with Crippen molar-refractivity contribution < 1.29 is 14.3 Å². The minimum absolute atomic E-state index is 0.259. The van der Waals surface area contributed by atoms with Gasteiger partial charge in [-0.1, -0.05) is 46.3 Å². The third kappa shape index (κ3) is 3.75. The van der Waals surface area contributed by atoms with Crippen LogP contribution in [0.15, 0.2) is 59.1 Å². The van der Waals surface area contributed by atoms with E-state index < -0.39 is 5.97 Å². The van der Waals surface area contributed by atoms with E-state index in [0.29, 0.717) is 22.5 Å². The van der Waals surface area contributed by atoms with Crippen molar-refractivity contribution in [3.63, 3.8) is 0 Å². The van der Waals surface area contributed by atoms with E-state index in [1.54, 1.807) is 36.7 Å². The maximum Gasteiger partial charge on any atom is 0.342 e. The summed E-state index contributed by atoms with van der Waals surface area (Å²) in [5.74, 6) is -0.809. The Morgan fingerprint density at radius 2 is 1.81 bits per heavy atom. The molecule has 1 aromatic heterocycles. The Bertz CT molecular complexity index is 964. The largest absolute Gasteiger partial charge is 0.454 e. The van der Waals surface area contributed by atoms with E-state index in [1.165, 1.54) is 0 Å². The van der Waals surface area contributed by atoms with Crippen molar-refractivity contribution in [1.82, 2.24) is 9.78 Å². The van der Waals surface area contributed by atoms with Crippen molar-refractivity contribution in [3.05, 3.63) is 81.6 Å². The Labute approximate surface area is 159 Å². The molecule has 5 nitrogen and oxygen atoms in total. The number of rotatable bonds is 5. The number of ether oxygens (including phenoxy) is 1. The normalized spacial score (nSPS) is 10.6. The summed E-state index contributed by atoms with van der Waals surface area (Å²) in [4.78, 5) is 24.7. The zero-order valence-corrected chi connectivity index (χ0v) is 16.0. The molecular weight excluding hydrogens is 396 g/mol. The first-order valence-corrected chi connectivity index (χ1v) is 8.84. The first-order chi connectivity index (χ1) is 12.5. The van der Waals surface area contributed by atoms with Gasteiger partial charge in [0.15, 0.2) is 12.4 Å². The highest BCUT2D eigenvalue weighted by Crippen LogP contribution is 2.19. The highest BCUT2D eigenvalue weighted by molar-refractivity contribution is 9.10. The summed E-state index contributed by atoms with van der Waals surface area (Å²) in [6.07, 6.45) is 0. The number of aromatic nitrogens is 2. The molecule has 1 heterocycles. The minimum Gasteiger partial charge on any atom is -0.454 e. The molecule has 3 aromatic rings. The number of para-hydroxylation sites is 1. The highest BCUT2D eigenvalue weighted by Gasteiger charge is 2.21. The summed E-state index contributed by atoms with van der Waals surface area (Å²) < 4.78 is 7.73. The number of nitrogens with zero attached hydrogens (tertiary/aromatic N) is 2. The first-order valence-electron chi connectivity index (χ1n) is 8.05. The number of halogens is 1. The monoisotopic (exact) mass is 412 g/mol. The standard InChI is InChI=1S/C20H17BrN2O3/c1-13-19(14(2)23(22-13)17-9-4-3-5-10-17)20(25)26-12-18(24)15-7-6-8-16(21)11-15/h3-11H,12H2,1-2H3. The maximum atomic E-state index is 12.5. The molecule has 0 fully saturated rings. The molecule has 0 spiro atoms. The van der Waals surface area contributed by atoms with E-state index in [9.17, 15) is 9.59 Å². The molecule has 3 rings (SSSR count). The van der Waals surface area contributed by atoms with Crippen LogP contribution in [0.25, 0.3) is 5.69 Å². The second kappa shape index (κ2) is 7.66. The van der Waals surface area contributed by atoms with Gasteiger partial charge in [0, 0.05) is 10.0 Å². The van der Waals surface area contributed by atoms with Gasteiger partial charge in [0.25, 0.3) is 0 Å². The third-order valence-electron chi connectivity index (χ3n) is 3.98. The average Bonchev–Trinajstić information content (AvgIpc) is 2.94. The van der Waals surface area contributed by atoms with Gasteiger partial charge >= 0.3 is 5.97 Å². The molecule has 0 N–H and O–H groups in total. The number of ketones is 1. The van der Waals surface area contributed by atoms with Gasteiger partial charge < -0.3 is 4.74 Å². The molecule has 6 heteroatoms. The lowest BCUT2D eigenvalue weighted by Gasteiger charge is -2.06. The van der Waals surface area contributed by atoms with Crippen molar-refractivity contribution in [2.45, 2.75) is 13.8 Å². The molecule has 0 bridgehead atoms. The summed E-state index contributed by atoms with van der Waals surface area (Å²) >= 11 is 3.32. The molecule has 0 aliphatic rings. The molecule has 0 unspecified atom stereocenters. The number of aryl methyl sites for hydroxylation is 1. The van der Waals surface area contributed by atoms with E-state index in [0.717, 1.165) is 10.2 Å². The van der Waals surface area contributed by atoms with Crippen LogP contribution in [0.1, 0.15) is 32.1 Å². The Hall–Kier alpha value is -2.73. The number of esters is 1. The Kier molecular flexibility index (Phi) is 5.32. The molecule has 0 aliphatic carbocycles. The summed E-state index contributed by atoms with van der Waals surface area (Å²) in [6.45, 7) is 3.24. The first kappa shape index (κ1) is 18.1. The molecule has 0 atom stereocenters. The topological polar surface area (TPSA) is 61.2 Å². The van der Waals surface area contributed by atoms with Crippen LogP contribution >= 0.6 is 15.9 Å². The minimum atomic E-state index is -0.550. The highest BCUT2D eigenvalue weighted by atomic mass is 79.9. The van der Waals surface area contributed by atoms with E-state index in [1.807, 2.05) is 36.4 Å². The summed E-state index contributed by atoms with van der Waals surface area (Å²) in [6, 6.07) is 16.5. The molecule has 2 aromatic carbocycles. The Morgan fingerprint density at radius 3 is 2.50 bits per heavy atom. The fourth-order valence-electron chi connectivity index (χ4n) is 2.71. The lowest BCUT2D eigenvalue weighted by Crippen LogP contribution is -2.15. The van der Waals surface area contributed by atoms with Crippen molar-refractivity contribution in [1.29, 1.82) is 0 Å². The molecule has 0 saturated heterocycles. The molecule has 132 valence electrons. The molecule has 0 saturated carbocycles. The van der Waals surface area contributed by atoms with E-state index in [-0.39, 0.29) is 12.4 Å². The van der Waals surface area contributed by atoms with Gasteiger partial charge in [-0.05, 0) is 38.1 Å². The number of Topliss-reactive ketones (excluding diaryl/α,β-unsaturated/α-hetero) is 1. The molecule has 26 heavy (non-hydrogen) atoms. The molecule has 0 aliphatic heterocycles. The van der Waals surface area contributed by atoms with Gasteiger partial charge in [0.05, 0.1) is 17.1 Å². The fourth-order valence-corrected chi connectivity index (χ4v) is 3.11. The Morgan fingerprint density at radius 1 is 1.08 bits per heavy atom. The predicted octanol–water partition coefficient (Wildman–Crippen LogP) is 4.29. The number of benzene rings is 2. The van der Waals surface area contributed by atoms with Crippen LogP contribution < -0.4 is 0 Å².